The number of aliphatic imine (C=N–C) groups is 1. The Hall–Kier alpha value is 0.340. The number of thioether (sulfide) groups is 1. The zero-order valence-corrected chi connectivity index (χ0v) is 16.0. The van der Waals surface area contributed by atoms with Crippen molar-refractivity contribution in [3.05, 3.63) is 21.3 Å². The minimum Gasteiger partial charge on any atom is -0.357 e. The normalized spacial score (nSPS) is 11.0. The number of hydrogen-bond donors (Lipinski definition) is 2. The Bertz CT molecular complexity index is 372. The van der Waals surface area contributed by atoms with Crippen LogP contribution in [0, 0.1) is 0 Å². The smallest absolute Gasteiger partial charge is 0.191 e. The van der Waals surface area contributed by atoms with E-state index in [9.17, 15) is 0 Å². The number of nitrogens with one attached hydrogen (secondary N) is 2. The van der Waals surface area contributed by atoms with Crippen LogP contribution in [0.1, 0.15) is 11.8 Å². The molecule has 0 fully saturated rings. The van der Waals surface area contributed by atoms with E-state index in [1.165, 1.54) is 4.88 Å². The first kappa shape index (κ1) is 19.3. The van der Waals surface area contributed by atoms with Crippen molar-refractivity contribution in [2.24, 2.45) is 4.99 Å². The molecule has 19 heavy (non-hydrogen) atoms. The van der Waals surface area contributed by atoms with Gasteiger partial charge in [0.2, 0.25) is 0 Å². The van der Waals surface area contributed by atoms with Gasteiger partial charge in [-0.05, 0) is 31.7 Å². The second-order valence-electron chi connectivity index (χ2n) is 3.64. The van der Waals surface area contributed by atoms with Gasteiger partial charge in [0, 0.05) is 23.7 Å². The van der Waals surface area contributed by atoms with Crippen molar-refractivity contribution in [2.45, 2.75) is 13.3 Å². The van der Waals surface area contributed by atoms with Gasteiger partial charge in [0.05, 0.1) is 10.9 Å². The van der Waals surface area contributed by atoms with Crippen molar-refractivity contribution in [3.8, 4) is 0 Å². The Morgan fingerprint density at radius 2 is 2.21 bits per heavy atom. The first-order valence-electron chi connectivity index (χ1n) is 6.01. The summed E-state index contributed by atoms with van der Waals surface area (Å²) in [6, 6.07) is 4.02. The summed E-state index contributed by atoms with van der Waals surface area (Å²) in [7, 11) is 0. The maximum Gasteiger partial charge on any atom is 0.191 e. The van der Waals surface area contributed by atoms with Gasteiger partial charge in [0.1, 0.15) is 0 Å². The van der Waals surface area contributed by atoms with Crippen LogP contribution >= 0.6 is 58.7 Å². The van der Waals surface area contributed by atoms with E-state index in [2.05, 4.69) is 34.9 Å². The van der Waals surface area contributed by atoms with Crippen molar-refractivity contribution < 1.29 is 0 Å². The van der Waals surface area contributed by atoms with Gasteiger partial charge in [-0.25, -0.2) is 0 Å². The minimum atomic E-state index is 0. The molecule has 0 bridgehead atoms. The third-order valence-electron chi connectivity index (χ3n) is 2.20. The number of rotatable bonds is 7. The Morgan fingerprint density at radius 1 is 1.42 bits per heavy atom. The largest absolute Gasteiger partial charge is 0.357 e. The summed E-state index contributed by atoms with van der Waals surface area (Å²) in [5, 5.41) is 6.57. The van der Waals surface area contributed by atoms with Crippen molar-refractivity contribution in [2.75, 3.05) is 31.6 Å². The van der Waals surface area contributed by atoms with Gasteiger partial charge >= 0.3 is 0 Å². The predicted molar refractivity (Wildman–Crippen MR) is 101 cm³/mol. The van der Waals surface area contributed by atoms with E-state index in [-0.39, 0.29) is 24.0 Å². The third kappa shape index (κ3) is 8.99. The number of hydrogen-bond acceptors (Lipinski definition) is 3. The van der Waals surface area contributed by atoms with Gasteiger partial charge in [-0.15, -0.1) is 35.3 Å². The Kier molecular flexibility index (Phi) is 12.3. The molecule has 0 saturated carbocycles. The standard InChI is InChI=1S/C12H20ClN3S2.HI/c1-3-14-12(16-8-9-17-2)15-7-6-10-4-5-11(13)18-10;/h4-5H,3,6-9H2,1-2H3,(H2,14,15,16);1H. The molecule has 7 heteroatoms. The molecule has 0 aliphatic carbocycles. The Morgan fingerprint density at radius 3 is 2.79 bits per heavy atom. The fraction of sp³-hybridized carbons (Fsp3) is 0.583. The summed E-state index contributed by atoms with van der Waals surface area (Å²) in [6.45, 7) is 4.68. The van der Waals surface area contributed by atoms with E-state index in [0.717, 1.165) is 42.1 Å². The highest BCUT2D eigenvalue weighted by molar-refractivity contribution is 14.0. The van der Waals surface area contributed by atoms with Crippen LogP contribution in [0.5, 0.6) is 0 Å². The summed E-state index contributed by atoms with van der Waals surface area (Å²) in [4.78, 5) is 5.79. The summed E-state index contributed by atoms with van der Waals surface area (Å²) in [5.41, 5.74) is 0. The average Bonchev–Trinajstić information content (AvgIpc) is 2.75. The first-order chi connectivity index (χ1) is 8.76. The lowest BCUT2D eigenvalue weighted by Crippen LogP contribution is -2.38. The lowest BCUT2D eigenvalue weighted by Gasteiger charge is -2.10. The van der Waals surface area contributed by atoms with E-state index in [1.807, 2.05) is 17.8 Å². The van der Waals surface area contributed by atoms with Crippen LogP contribution in [0.25, 0.3) is 0 Å². The fourth-order valence-electron chi connectivity index (χ4n) is 1.38. The maximum absolute atomic E-state index is 5.90. The summed E-state index contributed by atoms with van der Waals surface area (Å²) >= 11 is 9.34. The molecule has 0 spiro atoms. The zero-order valence-electron chi connectivity index (χ0n) is 11.2. The molecule has 1 aromatic heterocycles. The van der Waals surface area contributed by atoms with Crippen LogP contribution in [0.4, 0.5) is 0 Å². The molecule has 0 atom stereocenters. The van der Waals surface area contributed by atoms with Crippen molar-refractivity contribution >= 4 is 64.6 Å². The minimum absolute atomic E-state index is 0. The molecule has 1 heterocycles. The molecule has 0 saturated heterocycles. The van der Waals surface area contributed by atoms with Crippen LogP contribution < -0.4 is 10.6 Å². The van der Waals surface area contributed by atoms with Crippen LogP contribution in [-0.4, -0.2) is 37.6 Å². The second-order valence-corrected chi connectivity index (χ2v) is 6.42. The van der Waals surface area contributed by atoms with E-state index in [0.29, 0.717) is 0 Å². The van der Waals surface area contributed by atoms with E-state index in [4.69, 9.17) is 11.6 Å². The molecule has 2 N–H and O–H groups in total. The first-order valence-corrected chi connectivity index (χ1v) is 8.60. The molecular formula is C12H21ClIN3S2. The summed E-state index contributed by atoms with van der Waals surface area (Å²) < 4.78 is 0.852. The zero-order chi connectivity index (χ0) is 13.2. The van der Waals surface area contributed by atoms with E-state index < -0.39 is 0 Å². The van der Waals surface area contributed by atoms with Crippen molar-refractivity contribution in [1.29, 1.82) is 0 Å². The monoisotopic (exact) mass is 433 g/mol. The molecule has 110 valence electrons. The SMILES string of the molecule is CCNC(=NCCSC)NCCc1ccc(Cl)s1.I. The molecule has 0 unspecified atom stereocenters. The average molecular weight is 434 g/mol. The van der Waals surface area contributed by atoms with Crippen molar-refractivity contribution in [1.82, 2.24) is 10.6 Å². The molecule has 1 aromatic rings. The topological polar surface area (TPSA) is 36.4 Å². The Balaban J connectivity index is 0.00000324. The number of nitrogens with zero attached hydrogens (tertiary/aromatic N) is 1. The van der Waals surface area contributed by atoms with E-state index in [1.54, 1.807) is 11.3 Å². The van der Waals surface area contributed by atoms with Gasteiger partial charge in [-0.3, -0.25) is 4.99 Å². The lowest BCUT2D eigenvalue weighted by atomic mass is 10.3. The highest BCUT2D eigenvalue weighted by Crippen LogP contribution is 2.21. The highest BCUT2D eigenvalue weighted by Gasteiger charge is 1.99. The fourth-order valence-corrected chi connectivity index (χ4v) is 2.74. The van der Waals surface area contributed by atoms with Gasteiger partial charge in [-0.1, -0.05) is 11.6 Å². The highest BCUT2D eigenvalue weighted by atomic mass is 127. The van der Waals surface area contributed by atoms with Gasteiger partial charge in [-0.2, -0.15) is 11.8 Å². The third-order valence-corrected chi connectivity index (χ3v) is 4.08. The molecular weight excluding hydrogens is 413 g/mol. The molecule has 3 nitrogen and oxygen atoms in total. The number of halogens is 2. The predicted octanol–water partition coefficient (Wildman–Crippen LogP) is 3.48. The lowest BCUT2D eigenvalue weighted by molar-refractivity contribution is 0.809. The van der Waals surface area contributed by atoms with Gasteiger partial charge < -0.3 is 10.6 Å². The molecule has 0 aliphatic heterocycles. The van der Waals surface area contributed by atoms with Crippen LogP contribution in [0.15, 0.2) is 17.1 Å². The molecule has 0 amide bonds. The van der Waals surface area contributed by atoms with Gasteiger partial charge in [0.25, 0.3) is 0 Å². The molecule has 0 aromatic carbocycles. The maximum atomic E-state index is 5.90. The Labute approximate surface area is 146 Å². The quantitative estimate of drug-likeness (QED) is 0.299. The summed E-state index contributed by atoms with van der Waals surface area (Å²) in [6.07, 6.45) is 3.07. The van der Waals surface area contributed by atoms with Crippen LogP contribution in [0.2, 0.25) is 4.34 Å². The molecule has 0 aliphatic rings. The van der Waals surface area contributed by atoms with Crippen LogP contribution in [0.3, 0.4) is 0 Å². The van der Waals surface area contributed by atoms with Crippen LogP contribution in [-0.2, 0) is 6.42 Å². The summed E-state index contributed by atoms with van der Waals surface area (Å²) in [5.74, 6) is 1.95. The molecule has 0 radical (unpaired) electrons. The second kappa shape index (κ2) is 12.1. The van der Waals surface area contributed by atoms with Crippen molar-refractivity contribution in [3.63, 3.8) is 0 Å². The van der Waals surface area contributed by atoms with Gasteiger partial charge in [0.15, 0.2) is 5.96 Å². The number of guanidine groups is 1. The molecule has 1 rings (SSSR count). The number of thiophene rings is 1. The van der Waals surface area contributed by atoms with E-state index >= 15 is 0 Å².